The van der Waals surface area contributed by atoms with Crippen LogP contribution in [0.2, 0.25) is 0 Å². The van der Waals surface area contributed by atoms with Gasteiger partial charge < -0.3 is 15.7 Å². The average Bonchev–Trinajstić information content (AvgIpc) is 2.40. The van der Waals surface area contributed by atoms with E-state index in [2.05, 4.69) is 10.6 Å². The number of phenols is 1. The first-order valence-electron chi connectivity index (χ1n) is 6.52. The van der Waals surface area contributed by atoms with Crippen LogP contribution in [0.3, 0.4) is 0 Å². The first-order chi connectivity index (χ1) is 8.75. The van der Waals surface area contributed by atoms with Gasteiger partial charge in [0, 0.05) is 18.2 Å². The van der Waals surface area contributed by atoms with E-state index in [1.807, 2.05) is 6.07 Å². The summed E-state index contributed by atoms with van der Waals surface area (Å²) in [5.41, 5.74) is 0.673. The number of hydrogen-bond acceptors (Lipinski definition) is 3. The molecule has 98 valence electrons. The van der Waals surface area contributed by atoms with Crippen molar-refractivity contribution in [2.24, 2.45) is 0 Å². The molecule has 1 atom stereocenters. The molecule has 0 aliphatic carbocycles. The largest absolute Gasteiger partial charge is 0.508 e. The first kappa shape index (κ1) is 12.9. The molecule has 0 radical (unpaired) electrons. The van der Waals surface area contributed by atoms with Crippen molar-refractivity contribution >= 4 is 5.91 Å². The first-order valence-corrected chi connectivity index (χ1v) is 6.52. The highest BCUT2D eigenvalue weighted by Gasteiger charge is 2.13. The van der Waals surface area contributed by atoms with Crippen LogP contribution in [0.15, 0.2) is 24.3 Å². The van der Waals surface area contributed by atoms with Crippen LogP contribution in [-0.4, -0.2) is 30.1 Å². The molecule has 1 amide bonds. The molecule has 1 aromatic rings. The standard InChI is InChI=1S/C14H20N2O2/c17-13-7-2-1-5-11(13)9-14(18)16-10-12-6-3-4-8-15-12/h1-2,5,7,12,15,17H,3-4,6,8-10H2,(H,16,18). The Kier molecular flexibility index (Phi) is 4.59. The minimum Gasteiger partial charge on any atom is -0.508 e. The summed E-state index contributed by atoms with van der Waals surface area (Å²) in [6.45, 7) is 1.71. The number of rotatable bonds is 4. The van der Waals surface area contributed by atoms with Crippen LogP contribution < -0.4 is 10.6 Å². The van der Waals surface area contributed by atoms with Crippen LogP contribution in [0.4, 0.5) is 0 Å². The third-order valence-electron chi connectivity index (χ3n) is 3.30. The number of nitrogens with one attached hydrogen (secondary N) is 2. The molecule has 4 heteroatoms. The maximum atomic E-state index is 11.8. The number of amides is 1. The molecule has 3 N–H and O–H groups in total. The SMILES string of the molecule is O=C(Cc1ccccc1O)NCC1CCCCN1. The van der Waals surface area contributed by atoms with Gasteiger partial charge in [-0.2, -0.15) is 0 Å². The lowest BCUT2D eigenvalue weighted by Crippen LogP contribution is -2.43. The van der Waals surface area contributed by atoms with E-state index in [9.17, 15) is 9.90 Å². The Balaban J connectivity index is 1.76. The van der Waals surface area contributed by atoms with Gasteiger partial charge in [-0.3, -0.25) is 4.79 Å². The van der Waals surface area contributed by atoms with Crippen molar-refractivity contribution in [3.8, 4) is 5.75 Å². The highest BCUT2D eigenvalue weighted by molar-refractivity contribution is 5.79. The molecule has 2 rings (SSSR count). The summed E-state index contributed by atoms with van der Waals surface area (Å²) in [6, 6.07) is 7.35. The Labute approximate surface area is 107 Å². The lowest BCUT2D eigenvalue weighted by molar-refractivity contribution is -0.120. The summed E-state index contributed by atoms with van der Waals surface area (Å²) >= 11 is 0. The van der Waals surface area contributed by atoms with Crippen molar-refractivity contribution in [1.29, 1.82) is 0 Å². The van der Waals surface area contributed by atoms with Crippen LogP contribution in [0.25, 0.3) is 0 Å². The molecule has 1 aliphatic rings. The maximum Gasteiger partial charge on any atom is 0.224 e. The van der Waals surface area contributed by atoms with E-state index in [1.54, 1.807) is 18.2 Å². The third kappa shape index (κ3) is 3.74. The quantitative estimate of drug-likeness (QED) is 0.750. The molecule has 0 bridgehead atoms. The van der Waals surface area contributed by atoms with Gasteiger partial charge in [-0.15, -0.1) is 0 Å². The lowest BCUT2D eigenvalue weighted by Gasteiger charge is -2.23. The number of phenolic OH excluding ortho intramolecular Hbond substituents is 1. The van der Waals surface area contributed by atoms with E-state index in [0.717, 1.165) is 13.0 Å². The van der Waals surface area contributed by atoms with E-state index in [-0.39, 0.29) is 18.1 Å². The molecule has 1 heterocycles. The fraction of sp³-hybridized carbons (Fsp3) is 0.500. The highest BCUT2D eigenvalue weighted by atomic mass is 16.3. The second-order valence-corrected chi connectivity index (χ2v) is 4.76. The normalized spacial score (nSPS) is 19.4. The van der Waals surface area contributed by atoms with Crippen molar-refractivity contribution in [2.45, 2.75) is 31.7 Å². The molecule has 1 fully saturated rings. The zero-order chi connectivity index (χ0) is 12.8. The van der Waals surface area contributed by atoms with E-state index >= 15 is 0 Å². The Morgan fingerprint density at radius 1 is 1.39 bits per heavy atom. The van der Waals surface area contributed by atoms with Gasteiger partial charge in [0.05, 0.1) is 6.42 Å². The molecule has 1 unspecified atom stereocenters. The number of carbonyl (C=O) groups excluding carboxylic acids is 1. The zero-order valence-electron chi connectivity index (χ0n) is 10.5. The molecule has 0 saturated carbocycles. The number of carbonyl (C=O) groups is 1. The highest BCUT2D eigenvalue weighted by Crippen LogP contribution is 2.15. The van der Waals surface area contributed by atoms with E-state index in [1.165, 1.54) is 12.8 Å². The summed E-state index contributed by atoms with van der Waals surface area (Å²) in [4.78, 5) is 11.8. The number of aromatic hydroxyl groups is 1. The second kappa shape index (κ2) is 6.40. The molecule has 1 aromatic carbocycles. The number of piperidine rings is 1. The number of benzene rings is 1. The van der Waals surface area contributed by atoms with Crippen molar-refractivity contribution in [2.75, 3.05) is 13.1 Å². The van der Waals surface area contributed by atoms with Gasteiger partial charge >= 0.3 is 0 Å². The lowest BCUT2D eigenvalue weighted by atomic mass is 10.0. The second-order valence-electron chi connectivity index (χ2n) is 4.76. The predicted octanol–water partition coefficient (Wildman–Crippen LogP) is 1.19. The summed E-state index contributed by atoms with van der Waals surface area (Å²) in [5, 5.41) is 15.9. The van der Waals surface area contributed by atoms with Crippen LogP contribution in [-0.2, 0) is 11.2 Å². The monoisotopic (exact) mass is 248 g/mol. The molecule has 1 saturated heterocycles. The van der Waals surface area contributed by atoms with Crippen LogP contribution >= 0.6 is 0 Å². The summed E-state index contributed by atoms with van der Waals surface area (Å²) in [6.07, 6.45) is 3.81. The van der Waals surface area contributed by atoms with Crippen molar-refractivity contribution in [1.82, 2.24) is 10.6 Å². The van der Waals surface area contributed by atoms with Crippen molar-refractivity contribution in [3.05, 3.63) is 29.8 Å². The van der Waals surface area contributed by atoms with Crippen LogP contribution in [0.1, 0.15) is 24.8 Å². The summed E-state index contributed by atoms with van der Waals surface area (Å²) in [7, 11) is 0. The third-order valence-corrected chi connectivity index (χ3v) is 3.30. The molecule has 0 aromatic heterocycles. The number of hydrogen-bond donors (Lipinski definition) is 3. The van der Waals surface area contributed by atoms with Crippen molar-refractivity contribution in [3.63, 3.8) is 0 Å². The van der Waals surface area contributed by atoms with Crippen molar-refractivity contribution < 1.29 is 9.90 Å². The van der Waals surface area contributed by atoms with Gasteiger partial charge in [0.25, 0.3) is 0 Å². The van der Waals surface area contributed by atoms with Gasteiger partial charge in [0.2, 0.25) is 5.91 Å². The van der Waals surface area contributed by atoms with Crippen LogP contribution in [0.5, 0.6) is 5.75 Å². The molecule has 18 heavy (non-hydrogen) atoms. The Hall–Kier alpha value is -1.55. The van der Waals surface area contributed by atoms with Gasteiger partial charge in [0.1, 0.15) is 5.75 Å². The Bertz CT molecular complexity index is 401. The average molecular weight is 248 g/mol. The van der Waals surface area contributed by atoms with Crippen LogP contribution in [0, 0.1) is 0 Å². The predicted molar refractivity (Wildman–Crippen MR) is 70.5 cm³/mol. The molecule has 1 aliphatic heterocycles. The van der Waals surface area contributed by atoms with E-state index in [0.29, 0.717) is 18.2 Å². The minimum absolute atomic E-state index is 0.0381. The number of para-hydroxylation sites is 1. The fourth-order valence-electron chi connectivity index (χ4n) is 2.23. The molecular formula is C14H20N2O2. The molecular weight excluding hydrogens is 228 g/mol. The smallest absolute Gasteiger partial charge is 0.224 e. The van der Waals surface area contributed by atoms with Gasteiger partial charge in [-0.05, 0) is 25.5 Å². The maximum absolute atomic E-state index is 11.8. The fourth-order valence-corrected chi connectivity index (χ4v) is 2.23. The van der Waals surface area contributed by atoms with E-state index in [4.69, 9.17) is 0 Å². The zero-order valence-corrected chi connectivity index (χ0v) is 10.5. The van der Waals surface area contributed by atoms with Gasteiger partial charge in [-0.25, -0.2) is 0 Å². The molecule has 0 spiro atoms. The Morgan fingerprint density at radius 2 is 2.22 bits per heavy atom. The Morgan fingerprint density at radius 3 is 2.94 bits per heavy atom. The summed E-state index contributed by atoms with van der Waals surface area (Å²) < 4.78 is 0. The van der Waals surface area contributed by atoms with E-state index < -0.39 is 0 Å². The molecule has 4 nitrogen and oxygen atoms in total. The van der Waals surface area contributed by atoms with Gasteiger partial charge in [-0.1, -0.05) is 24.6 Å². The van der Waals surface area contributed by atoms with Gasteiger partial charge in [0.15, 0.2) is 0 Å². The topological polar surface area (TPSA) is 61.4 Å². The minimum atomic E-state index is -0.0381. The summed E-state index contributed by atoms with van der Waals surface area (Å²) in [5.74, 6) is 0.146.